The number of carbonyl (C=O) groups excluding carboxylic acids is 1. The van der Waals surface area contributed by atoms with Crippen LogP contribution in [0, 0.1) is 5.92 Å². The smallest absolute Gasteiger partial charge is 0.306 e. The number of nitrogens with zero attached hydrogens (tertiary/aromatic N) is 1. The minimum Gasteiger partial charge on any atom is -0.481 e. The first kappa shape index (κ1) is 14.3. The summed E-state index contributed by atoms with van der Waals surface area (Å²) in [5.41, 5.74) is -0.645. The largest absolute Gasteiger partial charge is 0.481 e. The first-order chi connectivity index (χ1) is 9.09. The lowest BCUT2D eigenvalue weighted by Crippen LogP contribution is -2.53. The number of piperidine rings is 1. The van der Waals surface area contributed by atoms with Crippen LogP contribution < -0.4 is 0 Å². The van der Waals surface area contributed by atoms with Gasteiger partial charge in [-0.2, -0.15) is 0 Å². The Morgan fingerprint density at radius 2 is 1.74 bits per heavy atom. The molecule has 0 unspecified atom stereocenters. The fraction of sp³-hybridized carbons (Fsp3) is 0.857. The number of carbonyl (C=O) groups is 2. The molecule has 1 heterocycles. The lowest BCUT2D eigenvalue weighted by atomic mass is 9.82. The molecule has 1 N–H and O–H groups in total. The zero-order valence-electron chi connectivity index (χ0n) is 11.6. The van der Waals surface area contributed by atoms with Gasteiger partial charge in [-0.25, -0.2) is 0 Å². The summed E-state index contributed by atoms with van der Waals surface area (Å²) in [6.45, 7) is 1.09. The van der Waals surface area contributed by atoms with Gasteiger partial charge in [0.25, 0.3) is 5.91 Å². The highest BCUT2D eigenvalue weighted by molar-refractivity contribution is 5.85. The van der Waals surface area contributed by atoms with Crippen LogP contribution in [0.1, 0.15) is 44.9 Å². The van der Waals surface area contributed by atoms with E-state index in [2.05, 4.69) is 0 Å². The Morgan fingerprint density at radius 3 is 2.21 bits per heavy atom. The van der Waals surface area contributed by atoms with E-state index in [4.69, 9.17) is 9.84 Å². The topological polar surface area (TPSA) is 66.8 Å². The van der Waals surface area contributed by atoms with Crippen LogP contribution >= 0.6 is 0 Å². The Kier molecular flexibility index (Phi) is 4.45. The molecule has 1 aliphatic heterocycles. The summed E-state index contributed by atoms with van der Waals surface area (Å²) in [5.74, 6) is -0.973. The molecule has 2 aliphatic rings. The van der Waals surface area contributed by atoms with Gasteiger partial charge in [0.05, 0.1) is 5.92 Å². The lowest BCUT2D eigenvalue weighted by Gasteiger charge is -2.40. The number of ether oxygens (including phenoxy) is 1. The molecule has 0 aromatic heterocycles. The molecule has 2 rings (SSSR count). The van der Waals surface area contributed by atoms with E-state index in [0.29, 0.717) is 25.9 Å². The Bertz CT molecular complexity index is 341. The maximum Gasteiger partial charge on any atom is 0.306 e. The maximum absolute atomic E-state index is 12.6. The van der Waals surface area contributed by atoms with Crippen molar-refractivity contribution in [3.05, 3.63) is 0 Å². The molecule has 19 heavy (non-hydrogen) atoms. The lowest BCUT2D eigenvalue weighted by molar-refractivity contribution is -0.162. The van der Waals surface area contributed by atoms with E-state index in [1.807, 2.05) is 0 Å². The molecule has 1 saturated carbocycles. The highest BCUT2D eigenvalue weighted by Crippen LogP contribution is 2.34. The van der Waals surface area contributed by atoms with E-state index in [-0.39, 0.29) is 11.8 Å². The average Bonchev–Trinajstić information content (AvgIpc) is 2.47. The van der Waals surface area contributed by atoms with E-state index >= 15 is 0 Å². The second-order valence-corrected chi connectivity index (χ2v) is 5.66. The third-order valence-electron chi connectivity index (χ3n) is 4.57. The fourth-order valence-electron chi connectivity index (χ4n) is 3.25. The number of aliphatic carboxylic acids is 1. The summed E-state index contributed by atoms with van der Waals surface area (Å²) in [6, 6.07) is 0. The van der Waals surface area contributed by atoms with Crippen LogP contribution in [0.2, 0.25) is 0 Å². The maximum atomic E-state index is 12.6. The summed E-state index contributed by atoms with van der Waals surface area (Å²) < 4.78 is 5.56. The van der Waals surface area contributed by atoms with Crippen LogP contribution in [-0.2, 0) is 14.3 Å². The summed E-state index contributed by atoms with van der Waals surface area (Å²) in [6.07, 6.45) is 5.93. The molecule has 2 fully saturated rings. The number of carboxylic acids is 1. The number of rotatable bonds is 3. The molecular weight excluding hydrogens is 246 g/mol. The minimum atomic E-state index is -0.744. The van der Waals surface area contributed by atoms with Crippen LogP contribution in [0.5, 0.6) is 0 Å². The standard InChI is InChI=1S/C14H23NO4/c1-19-14(7-3-2-4-8-14)13(18)15-9-5-11(6-10-15)12(16)17/h11H,2-10H2,1H3,(H,16,17). The number of hydrogen-bond acceptors (Lipinski definition) is 3. The van der Waals surface area contributed by atoms with Crippen LogP contribution in [-0.4, -0.2) is 47.7 Å². The van der Waals surface area contributed by atoms with Gasteiger partial charge in [-0.1, -0.05) is 19.3 Å². The summed E-state index contributed by atoms with van der Waals surface area (Å²) in [4.78, 5) is 25.4. The van der Waals surface area contributed by atoms with Gasteiger partial charge in [0.2, 0.25) is 0 Å². The molecule has 1 amide bonds. The Balaban J connectivity index is 1.98. The number of likely N-dealkylation sites (tertiary alicyclic amines) is 1. The van der Waals surface area contributed by atoms with Crippen molar-refractivity contribution >= 4 is 11.9 Å². The third-order valence-corrected chi connectivity index (χ3v) is 4.57. The van der Waals surface area contributed by atoms with Crippen molar-refractivity contribution in [2.24, 2.45) is 5.92 Å². The van der Waals surface area contributed by atoms with Crippen molar-refractivity contribution < 1.29 is 19.4 Å². The van der Waals surface area contributed by atoms with Crippen molar-refractivity contribution in [2.45, 2.75) is 50.5 Å². The number of carboxylic acid groups (broad SMARTS) is 1. The first-order valence-corrected chi connectivity index (χ1v) is 7.16. The average molecular weight is 269 g/mol. The molecular formula is C14H23NO4. The molecule has 5 heteroatoms. The van der Waals surface area contributed by atoms with E-state index in [9.17, 15) is 9.59 Å². The molecule has 5 nitrogen and oxygen atoms in total. The Morgan fingerprint density at radius 1 is 1.16 bits per heavy atom. The van der Waals surface area contributed by atoms with Crippen LogP contribution in [0.25, 0.3) is 0 Å². The van der Waals surface area contributed by atoms with Crippen molar-refractivity contribution in [3.63, 3.8) is 0 Å². The monoisotopic (exact) mass is 269 g/mol. The number of amides is 1. The highest BCUT2D eigenvalue weighted by atomic mass is 16.5. The Labute approximate surface area is 113 Å². The van der Waals surface area contributed by atoms with E-state index < -0.39 is 11.6 Å². The minimum absolute atomic E-state index is 0.0681. The molecule has 1 saturated heterocycles. The molecule has 0 bridgehead atoms. The van der Waals surface area contributed by atoms with Crippen molar-refractivity contribution in [1.82, 2.24) is 4.90 Å². The molecule has 0 aromatic carbocycles. The van der Waals surface area contributed by atoms with Crippen molar-refractivity contribution in [3.8, 4) is 0 Å². The second-order valence-electron chi connectivity index (χ2n) is 5.66. The summed E-state index contributed by atoms with van der Waals surface area (Å²) in [7, 11) is 1.62. The molecule has 108 valence electrons. The van der Waals surface area contributed by atoms with Crippen molar-refractivity contribution in [2.75, 3.05) is 20.2 Å². The molecule has 0 spiro atoms. The van der Waals surface area contributed by atoms with Crippen LogP contribution in [0.15, 0.2) is 0 Å². The van der Waals surface area contributed by atoms with Gasteiger partial charge < -0.3 is 14.7 Å². The predicted molar refractivity (Wildman–Crippen MR) is 69.8 cm³/mol. The van der Waals surface area contributed by atoms with Gasteiger partial charge in [-0.05, 0) is 25.7 Å². The van der Waals surface area contributed by atoms with Crippen LogP contribution in [0.4, 0.5) is 0 Å². The Hall–Kier alpha value is -1.10. The number of hydrogen-bond donors (Lipinski definition) is 1. The molecule has 1 aliphatic carbocycles. The van der Waals surface area contributed by atoms with Crippen LogP contribution in [0.3, 0.4) is 0 Å². The van der Waals surface area contributed by atoms with Gasteiger partial charge >= 0.3 is 5.97 Å². The molecule has 0 aromatic rings. The first-order valence-electron chi connectivity index (χ1n) is 7.16. The zero-order valence-corrected chi connectivity index (χ0v) is 11.6. The quantitative estimate of drug-likeness (QED) is 0.846. The van der Waals surface area contributed by atoms with Gasteiger partial charge in [0.1, 0.15) is 5.60 Å². The van der Waals surface area contributed by atoms with E-state index in [1.165, 1.54) is 6.42 Å². The second kappa shape index (κ2) is 5.90. The highest BCUT2D eigenvalue weighted by Gasteiger charge is 2.43. The fourth-order valence-corrected chi connectivity index (χ4v) is 3.25. The van der Waals surface area contributed by atoms with Gasteiger partial charge in [0, 0.05) is 20.2 Å². The van der Waals surface area contributed by atoms with E-state index in [0.717, 1.165) is 25.7 Å². The zero-order chi connectivity index (χ0) is 13.9. The molecule has 0 radical (unpaired) electrons. The van der Waals surface area contributed by atoms with Crippen molar-refractivity contribution in [1.29, 1.82) is 0 Å². The van der Waals surface area contributed by atoms with Gasteiger partial charge in [0.15, 0.2) is 0 Å². The van der Waals surface area contributed by atoms with E-state index in [1.54, 1.807) is 12.0 Å². The molecule has 0 atom stereocenters. The summed E-state index contributed by atoms with van der Waals surface area (Å²) in [5, 5.41) is 8.98. The SMILES string of the molecule is COC1(C(=O)N2CCC(C(=O)O)CC2)CCCCC1. The predicted octanol–water partition coefficient (Wildman–Crippen LogP) is 1.66. The van der Waals surface area contributed by atoms with Gasteiger partial charge in [-0.3, -0.25) is 9.59 Å². The van der Waals surface area contributed by atoms with Gasteiger partial charge in [-0.15, -0.1) is 0 Å². The normalized spacial score (nSPS) is 24.2. The third kappa shape index (κ3) is 2.91. The summed E-state index contributed by atoms with van der Waals surface area (Å²) >= 11 is 0. The number of methoxy groups -OCH3 is 1.